The Morgan fingerprint density at radius 2 is 1.50 bits per heavy atom. The number of carbonyl (C=O) groups excluding carboxylic acids is 2. The van der Waals surface area contributed by atoms with E-state index in [1.807, 2.05) is 0 Å². The number of amides is 3. The minimum absolute atomic E-state index is 0.00609. The van der Waals surface area contributed by atoms with Gasteiger partial charge in [-0.25, -0.2) is 9.59 Å². The van der Waals surface area contributed by atoms with Gasteiger partial charge in [0.05, 0.1) is 7.11 Å². The molecule has 0 spiro atoms. The van der Waals surface area contributed by atoms with E-state index in [1.54, 1.807) is 9.80 Å². The van der Waals surface area contributed by atoms with Gasteiger partial charge in [0.2, 0.25) is 0 Å². The molecule has 1 saturated heterocycles. The number of nitrogens with zero attached hydrogens (tertiary/aromatic N) is 2. The topological polar surface area (TPSA) is 61.9 Å². The molecule has 0 atom stereocenters. The van der Waals surface area contributed by atoms with Gasteiger partial charge in [0.25, 0.3) is 0 Å². The van der Waals surface area contributed by atoms with Crippen molar-refractivity contribution in [3.8, 4) is 0 Å². The van der Waals surface area contributed by atoms with E-state index < -0.39 is 0 Å². The molecule has 0 aromatic heterocycles. The van der Waals surface area contributed by atoms with Crippen molar-refractivity contribution >= 4 is 12.1 Å². The van der Waals surface area contributed by atoms with Crippen LogP contribution >= 0.6 is 0 Å². The van der Waals surface area contributed by atoms with E-state index >= 15 is 0 Å². The van der Waals surface area contributed by atoms with Crippen LogP contribution < -0.4 is 5.32 Å². The van der Waals surface area contributed by atoms with Gasteiger partial charge in [-0.3, -0.25) is 0 Å². The fourth-order valence-electron chi connectivity index (χ4n) is 3.31. The third-order valence-electron chi connectivity index (χ3n) is 4.77. The second-order valence-electron chi connectivity index (χ2n) is 6.34. The molecular formula is C16H29N3O3. The highest BCUT2D eigenvalue weighted by Crippen LogP contribution is 2.21. The zero-order valence-corrected chi connectivity index (χ0v) is 13.7. The van der Waals surface area contributed by atoms with Gasteiger partial charge < -0.3 is 19.9 Å². The van der Waals surface area contributed by atoms with Crippen molar-refractivity contribution in [1.82, 2.24) is 15.1 Å². The average Bonchev–Trinajstić information content (AvgIpc) is 2.53. The van der Waals surface area contributed by atoms with E-state index in [4.69, 9.17) is 4.74 Å². The van der Waals surface area contributed by atoms with Crippen LogP contribution in [0.15, 0.2) is 0 Å². The fourth-order valence-corrected chi connectivity index (χ4v) is 3.31. The number of hydrogen-bond donors (Lipinski definition) is 1. The fraction of sp³-hybridized carbons (Fsp3) is 0.875. The third kappa shape index (κ3) is 5.07. The first-order valence-electron chi connectivity index (χ1n) is 8.56. The van der Waals surface area contributed by atoms with Crippen LogP contribution in [0.4, 0.5) is 9.59 Å². The Labute approximate surface area is 133 Å². The molecule has 2 rings (SSSR count). The van der Waals surface area contributed by atoms with Gasteiger partial charge in [-0.1, -0.05) is 32.1 Å². The van der Waals surface area contributed by atoms with Gasteiger partial charge in [0, 0.05) is 32.7 Å². The Morgan fingerprint density at radius 3 is 2.09 bits per heavy atom. The SMILES string of the molecule is COC(=O)N1CCN(C(=O)NCC2CCCCCCC2)CC1. The first-order chi connectivity index (χ1) is 10.7. The summed E-state index contributed by atoms with van der Waals surface area (Å²) in [6, 6.07) is 0.00609. The summed E-state index contributed by atoms with van der Waals surface area (Å²) in [5, 5.41) is 3.08. The number of urea groups is 1. The van der Waals surface area contributed by atoms with Crippen LogP contribution in [-0.2, 0) is 4.74 Å². The van der Waals surface area contributed by atoms with E-state index in [0.29, 0.717) is 32.1 Å². The lowest BCUT2D eigenvalue weighted by Crippen LogP contribution is -2.53. The smallest absolute Gasteiger partial charge is 0.409 e. The van der Waals surface area contributed by atoms with Crippen molar-refractivity contribution in [1.29, 1.82) is 0 Å². The number of nitrogens with one attached hydrogen (secondary N) is 1. The summed E-state index contributed by atoms with van der Waals surface area (Å²) in [5.74, 6) is 0.626. The molecule has 0 unspecified atom stereocenters. The standard InChI is InChI=1S/C16H29N3O3/c1-22-16(21)19-11-9-18(10-12-19)15(20)17-13-14-7-5-3-2-4-6-8-14/h14H,2-13H2,1H3,(H,17,20). The van der Waals surface area contributed by atoms with Gasteiger partial charge in [-0.05, 0) is 18.8 Å². The number of hydrogen-bond acceptors (Lipinski definition) is 3. The molecule has 2 aliphatic rings. The van der Waals surface area contributed by atoms with Crippen LogP contribution in [0, 0.1) is 5.92 Å². The molecule has 1 heterocycles. The Kier molecular flexibility index (Phi) is 6.80. The molecular weight excluding hydrogens is 282 g/mol. The Bertz CT molecular complexity index is 360. The number of ether oxygens (including phenoxy) is 1. The summed E-state index contributed by atoms with van der Waals surface area (Å²) < 4.78 is 4.70. The molecule has 0 radical (unpaired) electrons. The maximum absolute atomic E-state index is 12.2. The number of rotatable bonds is 2. The first-order valence-corrected chi connectivity index (χ1v) is 8.56. The van der Waals surface area contributed by atoms with E-state index in [0.717, 1.165) is 6.54 Å². The van der Waals surface area contributed by atoms with E-state index in [1.165, 1.54) is 52.1 Å². The van der Waals surface area contributed by atoms with Crippen LogP contribution in [0.5, 0.6) is 0 Å². The van der Waals surface area contributed by atoms with Crippen molar-refractivity contribution in [3.63, 3.8) is 0 Å². The number of methoxy groups -OCH3 is 1. The molecule has 0 bridgehead atoms. The molecule has 1 aliphatic heterocycles. The summed E-state index contributed by atoms with van der Waals surface area (Å²) in [7, 11) is 1.39. The molecule has 2 fully saturated rings. The zero-order valence-electron chi connectivity index (χ0n) is 13.7. The van der Waals surface area contributed by atoms with Crippen molar-refractivity contribution < 1.29 is 14.3 Å². The van der Waals surface area contributed by atoms with Gasteiger partial charge in [-0.2, -0.15) is 0 Å². The van der Waals surface area contributed by atoms with Gasteiger partial charge in [0.1, 0.15) is 0 Å². The van der Waals surface area contributed by atoms with Crippen LogP contribution in [0.2, 0.25) is 0 Å². The normalized spacial score (nSPS) is 21.0. The van der Waals surface area contributed by atoms with Crippen LogP contribution in [0.3, 0.4) is 0 Å². The van der Waals surface area contributed by atoms with Crippen molar-refractivity contribution in [3.05, 3.63) is 0 Å². The summed E-state index contributed by atoms with van der Waals surface area (Å²) >= 11 is 0. The predicted octanol–water partition coefficient (Wildman–Crippen LogP) is 2.44. The molecule has 0 aromatic rings. The number of piperazine rings is 1. The third-order valence-corrected chi connectivity index (χ3v) is 4.77. The van der Waals surface area contributed by atoms with Crippen molar-refractivity contribution in [2.24, 2.45) is 5.92 Å². The second-order valence-corrected chi connectivity index (χ2v) is 6.34. The molecule has 0 aromatic carbocycles. The summed E-state index contributed by atoms with van der Waals surface area (Å²) in [5.41, 5.74) is 0. The molecule has 22 heavy (non-hydrogen) atoms. The lowest BCUT2D eigenvalue weighted by atomic mass is 9.91. The van der Waals surface area contributed by atoms with Crippen LogP contribution in [-0.4, -0.2) is 61.8 Å². The highest BCUT2D eigenvalue weighted by atomic mass is 16.5. The molecule has 6 heteroatoms. The Hall–Kier alpha value is -1.46. The summed E-state index contributed by atoms with van der Waals surface area (Å²) in [6.07, 6.45) is 8.77. The van der Waals surface area contributed by atoms with Crippen LogP contribution in [0.25, 0.3) is 0 Å². The van der Waals surface area contributed by atoms with Gasteiger partial charge in [-0.15, -0.1) is 0 Å². The Morgan fingerprint density at radius 1 is 0.955 bits per heavy atom. The van der Waals surface area contributed by atoms with Crippen molar-refractivity contribution in [2.45, 2.75) is 44.9 Å². The van der Waals surface area contributed by atoms with Crippen LogP contribution in [0.1, 0.15) is 44.9 Å². The lowest BCUT2D eigenvalue weighted by Gasteiger charge is -2.34. The average molecular weight is 311 g/mol. The Balaban J connectivity index is 1.68. The molecule has 1 N–H and O–H groups in total. The van der Waals surface area contributed by atoms with E-state index in [9.17, 15) is 9.59 Å². The number of carbonyl (C=O) groups is 2. The summed E-state index contributed by atoms with van der Waals surface area (Å²) in [6.45, 7) is 3.03. The quantitative estimate of drug-likeness (QED) is 0.852. The molecule has 1 saturated carbocycles. The minimum atomic E-state index is -0.311. The first kappa shape index (κ1) is 16.9. The monoisotopic (exact) mass is 311 g/mol. The van der Waals surface area contributed by atoms with Gasteiger partial charge in [0.15, 0.2) is 0 Å². The van der Waals surface area contributed by atoms with E-state index in [2.05, 4.69) is 5.32 Å². The van der Waals surface area contributed by atoms with Crippen molar-refractivity contribution in [2.75, 3.05) is 39.8 Å². The summed E-state index contributed by atoms with van der Waals surface area (Å²) in [4.78, 5) is 27.1. The highest BCUT2D eigenvalue weighted by Gasteiger charge is 2.24. The maximum Gasteiger partial charge on any atom is 0.409 e. The molecule has 126 valence electrons. The van der Waals surface area contributed by atoms with E-state index in [-0.39, 0.29) is 12.1 Å². The molecule has 6 nitrogen and oxygen atoms in total. The zero-order chi connectivity index (χ0) is 15.8. The molecule has 1 aliphatic carbocycles. The largest absolute Gasteiger partial charge is 0.453 e. The predicted molar refractivity (Wildman–Crippen MR) is 84.8 cm³/mol. The molecule has 3 amide bonds. The van der Waals surface area contributed by atoms with Gasteiger partial charge >= 0.3 is 12.1 Å². The lowest BCUT2D eigenvalue weighted by molar-refractivity contribution is 0.0968. The minimum Gasteiger partial charge on any atom is -0.453 e. The highest BCUT2D eigenvalue weighted by molar-refractivity contribution is 5.75. The maximum atomic E-state index is 12.2. The second kappa shape index (κ2) is 8.86.